The van der Waals surface area contributed by atoms with Crippen LogP contribution >= 0.6 is 0 Å². The molecule has 0 unspecified atom stereocenters. The molecule has 16 heavy (non-hydrogen) atoms. The van der Waals surface area contributed by atoms with Crippen LogP contribution in [0.2, 0.25) is 0 Å². The maximum absolute atomic E-state index is 11.2. The Morgan fingerprint density at radius 2 is 2.12 bits per heavy atom. The lowest BCUT2D eigenvalue weighted by Gasteiger charge is -2.27. The van der Waals surface area contributed by atoms with Crippen LogP contribution in [0.15, 0.2) is 6.07 Å². The van der Waals surface area contributed by atoms with Crippen LogP contribution in [-0.4, -0.2) is 45.8 Å². The van der Waals surface area contributed by atoms with E-state index in [0.29, 0.717) is 17.3 Å². The quantitative estimate of drug-likeness (QED) is 0.737. The largest absolute Gasteiger partial charge is 0.373 e. The molecule has 0 aromatic carbocycles. The Labute approximate surface area is 96.7 Å². The first kappa shape index (κ1) is 11.1. The summed E-state index contributed by atoms with van der Waals surface area (Å²) in [6.07, 6.45) is 0. The molecule has 2 rings (SSSR count). The van der Waals surface area contributed by atoms with E-state index in [1.54, 1.807) is 7.05 Å². The van der Waals surface area contributed by atoms with E-state index in [-0.39, 0.29) is 5.95 Å². The van der Waals surface area contributed by atoms with Crippen LogP contribution < -0.4 is 16.0 Å². The van der Waals surface area contributed by atoms with Gasteiger partial charge in [-0.3, -0.25) is 4.21 Å². The van der Waals surface area contributed by atoms with E-state index in [1.165, 1.54) is 0 Å². The van der Waals surface area contributed by atoms with E-state index in [9.17, 15) is 4.21 Å². The molecule has 7 heteroatoms. The van der Waals surface area contributed by atoms with Gasteiger partial charge in [0.05, 0.1) is 0 Å². The molecule has 0 saturated carbocycles. The molecule has 0 spiro atoms. The van der Waals surface area contributed by atoms with Gasteiger partial charge in [-0.1, -0.05) is 0 Å². The van der Waals surface area contributed by atoms with Gasteiger partial charge in [0.2, 0.25) is 5.95 Å². The van der Waals surface area contributed by atoms with Crippen molar-refractivity contribution in [1.29, 1.82) is 0 Å². The number of hydrogen-bond acceptors (Lipinski definition) is 6. The second-order valence-corrected chi connectivity index (χ2v) is 5.25. The Morgan fingerprint density at radius 3 is 2.75 bits per heavy atom. The second kappa shape index (κ2) is 4.65. The lowest BCUT2D eigenvalue weighted by molar-refractivity contribution is 0.672. The minimum atomic E-state index is -0.679. The zero-order chi connectivity index (χ0) is 11.5. The van der Waals surface area contributed by atoms with E-state index < -0.39 is 10.8 Å². The molecule has 1 aromatic rings. The second-order valence-electron chi connectivity index (χ2n) is 3.55. The fourth-order valence-corrected chi connectivity index (χ4v) is 2.66. The number of nitrogens with one attached hydrogen (secondary N) is 1. The van der Waals surface area contributed by atoms with Gasteiger partial charge in [0.1, 0.15) is 11.6 Å². The van der Waals surface area contributed by atoms with Gasteiger partial charge in [0, 0.05) is 48.5 Å². The Balaban J connectivity index is 2.19. The highest BCUT2D eigenvalue weighted by Crippen LogP contribution is 2.18. The van der Waals surface area contributed by atoms with Crippen molar-refractivity contribution in [2.45, 2.75) is 0 Å². The van der Waals surface area contributed by atoms with Crippen molar-refractivity contribution in [3.63, 3.8) is 0 Å². The molecule has 1 aromatic heterocycles. The van der Waals surface area contributed by atoms with Crippen LogP contribution in [0.1, 0.15) is 0 Å². The van der Waals surface area contributed by atoms with Crippen LogP contribution in [0.4, 0.5) is 17.6 Å². The number of nitrogen functional groups attached to an aromatic ring is 1. The first-order valence-corrected chi connectivity index (χ1v) is 6.60. The molecule has 3 N–H and O–H groups in total. The molecule has 1 aliphatic heterocycles. The average Bonchev–Trinajstić information content (AvgIpc) is 2.29. The van der Waals surface area contributed by atoms with E-state index in [0.717, 1.165) is 18.9 Å². The van der Waals surface area contributed by atoms with Gasteiger partial charge in [-0.2, -0.15) is 9.97 Å². The SMILES string of the molecule is CNc1cc(N2CCS(=O)CC2)nc(N)n1. The van der Waals surface area contributed by atoms with E-state index in [1.807, 2.05) is 6.07 Å². The molecule has 0 aliphatic carbocycles. The zero-order valence-electron chi connectivity index (χ0n) is 9.14. The van der Waals surface area contributed by atoms with Crippen molar-refractivity contribution < 1.29 is 4.21 Å². The molecule has 0 bridgehead atoms. The van der Waals surface area contributed by atoms with E-state index in [2.05, 4.69) is 20.2 Å². The number of anilines is 3. The molecule has 6 nitrogen and oxygen atoms in total. The Kier molecular flexibility index (Phi) is 3.23. The minimum Gasteiger partial charge on any atom is -0.373 e. The highest BCUT2D eigenvalue weighted by molar-refractivity contribution is 7.85. The van der Waals surface area contributed by atoms with Crippen molar-refractivity contribution in [2.75, 3.05) is 47.6 Å². The first-order chi connectivity index (χ1) is 7.69. The average molecular weight is 241 g/mol. The Hall–Kier alpha value is -1.37. The Morgan fingerprint density at radius 1 is 1.44 bits per heavy atom. The van der Waals surface area contributed by atoms with Gasteiger partial charge in [-0.05, 0) is 0 Å². The lowest BCUT2D eigenvalue weighted by atomic mass is 10.4. The third kappa shape index (κ3) is 2.41. The summed E-state index contributed by atoms with van der Waals surface area (Å²) in [6, 6.07) is 1.85. The molecule has 2 heterocycles. The monoisotopic (exact) mass is 241 g/mol. The number of hydrogen-bond donors (Lipinski definition) is 2. The summed E-state index contributed by atoms with van der Waals surface area (Å²) in [6.45, 7) is 1.51. The standard InChI is InChI=1S/C9H15N5OS/c1-11-7-6-8(13-9(10)12-7)14-2-4-16(15)5-3-14/h6H,2-5H2,1H3,(H3,10,11,12,13). The predicted octanol–water partition coefficient (Wildman–Crippen LogP) is -0.331. The van der Waals surface area contributed by atoms with Gasteiger partial charge in [-0.15, -0.1) is 0 Å². The number of aromatic nitrogens is 2. The fourth-order valence-electron chi connectivity index (χ4n) is 1.61. The smallest absolute Gasteiger partial charge is 0.223 e. The number of nitrogens with zero attached hydrogens (tertiary/aromatic N) is 3. The number of nitrogens with two attached hydrogens (primary N) is 1. The molecule has 0 amide bonds. The van der Waals surface area contributed by atoms with Crippen LogP contribution in [0.5, 0.6) is 0 Å². The molecule has 1 aliphatic rings. The van der Waals surface area contributed by atoms with Crippen molar-refractivity contribution in [3.05, 3.63) is 6.07 Å². The third-order valence-corrected chi connectivity index (χ3v) is 3.76. The van der Waals surface area contributed by atoms with Gasteiger partial charge in [0.15, 0.2) is 0 Å². The molecule has 1 saturated heterocycles. The van der Waals surface area contributed by atoms with Gasteiger partial charge < -0.3 is 16.0 Å². The zero-order valence-corrected chi connectivity index (χ0v) is 9.96. The van der Waals surface area contributed by atoms with E-state index in [4.69, 9.17) is 5.73 Å². The third-order valence-electron chi connectivity index (χ3n) is 2.49. The molecular weight excluding hydrogens is 226 g/mol. The molecular formula is C9H15N5OS. The van der Waals surface area contributed by atoms with Crippen LogP contribution in [-0.2, 0) is 10.8 Å². The molecule has 88 valence electrons. The summed E-state index contributed by atoms with van der Waals surface area (Å²) < 4.78 is 11.2. The van der Waals surface area contributed by atoms with Crippen molar-refractivity contribution in [1.82, 2.24) is 9.97 Å². The first-order valence-electron chi connectivity index (χ1n) is 5.11. The molecule has 1 fully saturated rings. The highest BCUT2D eigenvalue weighted by atomic mass is 32.2. The van der Waals surface area contributed by atoms with Crippen LogP contribution in [0.25, 0.3) is 0 Å². The number of rotatable bonds is 2. The normalized spacial score (nSPS) is 17.4. The summed E-state index contributed by atoms with van der Waals surface area (Å²) in [5.74, 6) is 3.15. The topological polar surface area (TPSA) is 84.1 Å². The van der Waals surface area contributed by atoms with Crippen LogP contribution in [0.3, 0.4) is 0 Å². The molecule has 0 atom stereocenters. The minimum absolute atomic E-state index is 0.258. The lowest BCUT2D eigenvalue weighted by Crippen LogP contribution is -2.38. The summed E-state index contributed by atoms with van der Waals surface area (Å²) >= 11 is 0. The summed E-state index contributed by atoms with van der Waals surface area (Å²) in [7, 11) is 1.11. The molecule has 0 radical (unpaired) electrons. The van der Waals surface area contributed by atoms with Gasteiger partial charge in [0.25, 0.3) is 0 Å². The maximum atomic E-state index is 11.2. The van der Waals surface area contributed by atoms with Crippen molar-refractivity contribution in [2.24, 2.45) is 0 Å². The summed E-state index contributed by atoms with van der Waals surface area (Å²) in [4.78, 5) is 10.3. The summed E-state index contributed by atoms with van der Waals surface area (Å²) in [5.41, 5.74) is 5.62. The summed E-state index contributed by atoms with van der Waals surface area (Å²) in [5, 5.41) is 2.94. The van der Waals surface area contributed by atoms with Gasteiger partial charge in [-0.25, -0.2) is 0 Å². The van der Waals surface area contributed by atoms with Crippen molar-refractivity contribution >= 4 is 28.4 Å². The van der Waals surface area contributed by atoms with Crippen molar-refractivity contribution in [3.8, 4) is 0 Å². The maximum Gasteiger partial charge on any atom is 0.223 e. The van der Waals surface area contributed by atoms with E-state index >= 15 is 0 Å². The van der Waals surface area contributed by atoms with Gasteiger partial charge >= 0.3 is 0 Å². The van der Waals surface area contributed by atoms with Crippen LogP contribution in [0, 0.1) is 0 Å². The Bertz CT molecular complexity index is 401. The fraction of sp³-hybridized carbons (Fsp3) is 0.556. The highest BCUT2D eigenvalue weighted by Gasteiger charge is 2.17. The predicted molar refractivity (Wildman–Crippen MR) is 66.1 cm³/mol.